The number of hydrogen-bond acceptors (Lipinski definition) is 2. The SMILES string of the molecule is C=CS(=O)(=O)N1CC[C@@H](F)[C@@H](F)C1. The Morgan fingerprint density at radius 2 is 2.00 bits per heavy atom. The van der Waals surface area contributed by atoms with Crippen LogP contribution in [0.3, 0.4) is 0 Å². The summed E-state index contributed by atoms with van der Waals surface area (Å²) in [6.07, 6.45) is -3.35. The molecular formula is C7H11F2NO2S. The number of alkyl halides is 2. The molecule has 1 fully saturated rings. The average Bonchev–Trinajstić information content (AvgIpc) is 2.09. The number of sulfonamides is 1. The maximum atomic E-state index is 12.8. The minimum absolute atomic E-state index is 0.0238. The third kappa shape index (κ3) is 2.25. The van der Waals surface area contributed by atoms with Crippen molar-refractivity contribution in [2.24, 2.45) is 0 Å². The molecule has 0 aromatic rings. The van der Waals surface area contributed by atoms with Gasteiger partial charge in [0.1, 0.15) is 12.3 Å². The quantitative estimate of drug-likeness (QED) is 0.678. The van der Waals surface area contributed by atoms with Gasteiger partial charge in [-0.2, -0.15) is 4.31 Å². The lowest BCUT2D eigenvalue weighted by molar-refractivity contribution is 0.0966. The Hall–Kier alpha value is -0.490. The van der Waals surface area contributed by atoms with Crippen molar-refractivity contribution >= 4 is 10.0 Å². The normalized spacial score (nSPS) is 31.5. The summed E-state index contributed by atoms with van der Waals surface area (Å²) in [6.45, 7) is 2.72. The molecule has 1 heterocycles. The number of halogens is 2. The van der Waals surface area contributed by atoms with Gasteiger partial charge in [-0.1, -0.05) is 6.58 Å². The van der Waals surface area contributed by atoms with Crippen LogP contribution in [0, 0.1) is 0 Å². The molecule has 1 saturated heterocycles. The molecule has 0 N–H and O–H groups in total. The van der Waals surface area contributed by atoms with E-state index in [2.05, 4.69) is 6.58 Å². The second-order valence-corrected chi connectivity index (χ2v) is 4.77. The van der Waals surface area contributed by atoms with E-state index < -0.39 is 28.9 Å². The Kier molecular flexibility index (Phi) is 3.02. The number of piperidine rings is 1. The molecule has 0 radical (unpaired) electrons. The Bertz CT molecular complexity index is 291. The molecule has 0 aliphatic carbocycles. The molecule has 0 spiro atoms. The molecule has 1 rings (SSSR count). The predicted molar refractivity (Wildman–Crippen MR) is 45.1 cm³/mol. The monoisotopic (exact) mass is 211 g/mol. The minimum Gasteiger partial charge on any atom is -0.244 e. The molecule has 13 heavy (non-hydrogen) atoms. The van der Waals surface area contributed by atoms with E-state index in [1.807, 2.05) is 0 Å². The molecular weight excluding hydrogens is 200 g/mol. The lowest BCUT2D eigenvalue weighted by Gasteiger charge is -2.29. The summed E-state index contributed by atoms with van der Waals surface area (Å²) in [5, 5.41) is 0.748. The van der Waals surface area contributed by atoms with Crippen LogP contribution >= 0.6 is 0 Å². The highest BCUT2D eigenvalue weighted by atomic mass is 32.2. The zero-order chi connectivity index (χ0) is 10.1. The van der Waals surface area contributed by atoms with Gasteiger partial charge in [-0.3, -0.25) is 0 Å². The van der Waals surface area contributed by atoms with Crippen molar-refractivity contribution in [3.63, 3.8) is 0 Å². The van der Waals surface area contributed by atoms with Crippen molar-refractivity contribution in [3.8, 4) is 0 Å². The van der Waals surface area contributed by atoms with Gasteiger partial charge in [-0.25, -0.2) is 17.2 Å². The molecule has 2 atom stereocenters. The highest BCUT2D eigenvalue weighted by molar-refractivity contribution is 7.92. The van der Waals surface area contributed by atoms with Crippen molar-refractivity contribution in [1.29, 1.82) is 0 Å². The van der Waals surface area contributed by atoms with Gasteiger partial charge in [-0.05, 0) is 6.42 Å². The first-order chi connectivity index (χ1) is 5.97. The predicted octanol–water partition coefficient (Wildman–Crippen LogP) is 0.842. The largest absolute Gasteiger partial charge is 0.244 e. The zero-order valence-corrected chi connectivity index (χ0v) is 7.80. The van der Waals surface area contributed by atoms with E-state index in [0.717, 1.165) is 9.71 Å². The molecule has 0 amide bonds. The Balaban J connectivity index is 2.71. The Morgan fingerprint density at radius 1 is 1.38 bits per heavy atom. The minimum atomic E-state index is -3.59. The fourth-order valence-electron chi connectivity index (χ4n) is 1.18. The van der Waals surface area contributed by atoms with Gasteiger partial charge in [0.15, 0.2) is 0 Å². The van der Waals surface area contributed by atoms with Crippen molar-refractivity contribution < 1.29 is 17.2 Å². The Morgan fingerprint density at radius 3 is 2.46 bits per heavy atom. The summed E-state index contributed by atoms with van der Waals surface area (Å²) in [7, 11) is -3.59. The second kappa shape index (κ2) is 3.71. The van der Waals surface area contributed by atoms with E-state index in [0.29, 0.717) is 0 Å². The maximum Gasteiger partial charge on any atom is 0.235 e. The van der Waals surface area contributed by atoms with Crippen LogP contribution < -0.4 is 0 Å². The lowest BCUT2D eigenvalue weighted by Crippen LogP contribution is -2.44. The summed E-state index contributed by atoms with van der Waals surface area (Å²) >= 11 is 0. The number of hydrogen-bond donors (Lipinski definition) is 0. The van der Waals surface area contributed by atoms with Crippen molar-refractivity contribution in [1.82, 2.24) is 4.31 Å². The molecule has 1 aliphatic rings. The third-order valence-electron chi connectivity index (χ3n) is 2.00. The van der Waals surface area contributed by atoms with Gasteiger partial charge < -0.3 is 0 Å². The first kappa shape index (κ1) is 10.6. The van der Waals surface area contributed by atoms with Crippen LogP contribution in [0.4, 0.5) is 8.78 Å². The van der Waals surface area contributed by atoms with Crippen LogP contribution in [0.1, 0.15) is 6.42 Å². The van der Waals surface area contributed by atoms with Crippen LogP contribution in [-0.2, 0) is 10.0 Å². The zero-order valence-electron chi connectivity index (χ0n) is 6.99. The second-order valence-electron chi connectivity index (χ2n) is 2.89. The highest BCUT2D eigenvalue weighted by Gasteiger charge is 2.33. The van der Waals surface area contributed by atoms with Crippen LogP contribution in [-0.4, -0.2) is 38.2 Å². The topological polar surface area (TPSA) is 37.4 Å². The number of rotatable bonds is 2. The molecule has 1 aliphatic heterocycles. The third-order valence-corrected chi connectivity index (χ3v) is 3.47. The first-order valence-electron chi connectivity index (χ1n) is 3.88. The molecule has 0 unspecified atom stereocenters. The van der Waals surface area contributed by atoms with Gasteiger partial charge in [-0.15, -0.1) is 0 Å². The van der Waals surface area contributed by atoms with Crippen LogP contribution in [0.5, 0.6) is 0 Å². The van der Waals surface area contributed by atoms with Gasteiger partial charge >= 0.3 is 0 Å². The molecule has 0 saturated carbocycles. The fraction of sp³-hybridized carbons (Fsp3) is 0.714. The standard InChI is InChI=1S/C7H11F2NO2S/c1-2-13(11,12)10-4-3-6(8)7(9)5-10/h2,6-7H,1,3-5H2/t6-,7+/m1/s1. The maximum absolute atomic E-state index is 12.8. The summed E-state index contributed by atoms with van der Waals surface area (Å²) in [5.41, 5.74) is 0. The average molecular weight is 211 g/mol. The highest BCUT2D eigenvalue weighted by Crippen LogP contribution is 2.19. The molecule has 3 nitrogen and oxygen atoms in total. The molecule has 0 aromatic carbocycles. The van der Waals surface area contributed by atoms with E-state index in [1.165, 1.54) is 0 Å². The summed E-state index contributed by atoms with van der Waals surface area (Å²) < 4.78 is 48.6. The van der Waals surface area contributed by atoms with E-state index in [4.69, 9.17) is 0 Å². The molecule has 0 aromatic heterocycles. The van der Waals surface area contributed by atoms with E-state index >= 15 is 0 Å². The van der Waals surface area contributed by atoms with Gasteiger partial charge in [0.2, 0.25) is 10.0 Å². The van der Waals surface area contributed by atoms with E-state index in [9.17, 15) is 17.2 Å². The van der Waals surface area contributed by atoms with Gasteiger partial charge in [0.25, 0.3) is 0 Å². The van der Waals surface area contributed by atoms with Crippen molar-refractivity contribution in [3.05, 3.63) is 12.0 Å². The lowest BCUT2D eigenvalue weighted by atomic mass is 10.1. The molecule has 76 valence electrons. The summed E-state index contributed by atoms with van der Waals surface area (Å²) in [6, 6.07) is 0. The van der Waals surface area contributed by atoms with Crippen molar-refractivity contribution in [2.45, 2.75) is 18.8 Å². The summed E-state index contributed by atoms with van der Waals surface area (Å²) in [5.74, 6) is 0. The number of nitrogens with zero attached hydrogens (tertiary/aromatic N) is 1. The molecule has 0 bridgehead atoms. The van der Waals surface area contributed by atoms with Gasteiger partial charge in [0, 0.05) is 18.5 Å². The van der Waals surface area contributed by atoms with Crippen LogP contribution in [0.2, 0.25) is 0 Å². The van der Waals surface area contributed by atoms with Crippen LogP contribution in [0.15, 0.2) is 12.0 Å². The Labute approximate surface area is 76.1 Å². The fourth-order valence-corrected chi connectivity index (χ4v) is 2.11. The first-order valence-corrected chi connectivity index (χ1v) is 5.38. The smallest absolute Gasteiger partial charge is 0.235 e. The van der Waals surface area contributed by atoms with Gasteiger partial charge in [0.05, 0.1) is 0 Å². The summed E-state index contributed by atoms with van der Waals surface area (Å²) in [4.78, 5) is 0. The molecule has 6 heteroatoms. The van der Waals surface area contributed by atoms with Crippen LogP contribution in [0.25, 0.3) is 0 Å². The van der Waals surface area contributed by atoms with Crippen molar-refractivity contribution in [2.75, 3.05) is 13.1 Å². The van der Waals surface area contributed by atoms with E-state index in [-0.39, 0.29) is 13.0 Å². The van der Waals surface area contributed by atoms with E-state index in [1.54, 1.807) is 0 Å².